The molecule has 0 aromatic heterocycles. The van der Waals surface area contributed by atoms with Gasteiger partial charge in [0.25, 0.3) is 0 Å². The van der Waals surface area contributed by atoms with Crippen LogP contribution < -0.4 is 0 Å². The molecule has 102 valence electrons. The van der Waals surface area contributed by atoms with E-state index in [1.54, 1.807) is 0 Å². The second-order valence-electron chi connectivity index (χ2n) is 5.85. The second kappa shape index (κ2) is 5.24. The minimum atomic E-state index is -0.297. The molecule has 1 fully saturated rings. The van der Waals surface area contributed by atoms with Crippen LogP contribution in [-0.2, 0) is 5.41 Å². The van der Waals surface area contributed by atoms with E-state index in [1.165, 1.54) is 5.56 Å². The molecule has 1 heteroatoms. The van der Waals surface area contributed by atoms with Crippen molar-refractivity contribution in [1.82, 2.24) is 0 Å². The average Bonchev–Trinajstić information content (AvgIpc) is 2.98. The van der Waals surface area contributed by atoms with Crippen molar-refractivity contribution in [2.24, 2.45) is 0 Å². The highest BCUT2D eigenvalue weighted by atomic mass is 16.1. The minimum Gasteiger partial charge on any atom is -0.293 e. The first-order valence-electron chi connectivity index (χ1n) is 7.39. The van der Waals surface area contributed by atoms with Gasteiger partial charge >= 0.3 is 0 Å². The quantitative estimate of drug-likeness (QED) is 0.735. The SMILES string of the molecule is Cc1cccc(C(=O)C2(c3ccccc3)CCCC2)c1. The second-order valence-corrected chi connectivity index (χ2v) is 5.85. The van der Waals surface area contributed by atoms with Gasteiger partial charge in [0, 0.05) is 5.56 Å². The number of Topliss-reactive ketones (excluding diaryl/α,β-unsaturated/α-hetero) is 1. The Morgan fingerprint density at radius 2 is 1.65 bits per heavy atom. The van der Waals surface area contributed by atoms with Crippen molar-refractivity contribution in [3.05, 3.63) is 71.3 Å². The van der Waals surface area contributed by atoms with Gasteiger partial charge in [-0.1, -0.05) is 66.9 Å². The van der Waals surface area contributed by atoms with Crippen LogP contribution >= 0.6 is 0 Å². The van der Waals surface area contributed by atoms with Gasteiger partial charge in [-0.2, -0.15) is 0 Å². The predicted octanol–water partition coefficient (Wildman–Crippen LogP) is 4.69. The van der Waals surface area contributed by atoms with Gasteiger partial charge in [-0.15, -0.1) is 0 Å². The Kier molecular flexibility index (Phi) is 3.43. The van der Waals surface area contributed by atoms with Gasteiger partial charge in [-0.3, -0.25) is 4.79 Å². The van der Waals surface area contributed by atoms with E-state index in [2.05, 4.69) is 12.1 Å². The molecule has 20 heavy (non-hydrogen) atoms. The Morgan fingerprint density at radius 1 is 0.950 bits per heavy atom. The van der Waals surface area contributed by atoms with Crippen molar-refractivity contribution >= 4 is 5.78 Å². The molecule has 2 aromatic carbocycles. The summed E-state index contributed by atoms with van der Waals surface area (Å²) in [7, 11) is 0. The number of carbonyl (C=O) groups excluding carboxylic acids is 1. The van der Waals surface area contributed by atoms with Gasteiger partial charge in [0.1, 0.15) is 0 Å². The lowest BCUT2D eigenvalue weighted by Gasteiger charge is -2.28. The highest BCUT2D eigenvalue weighted by molar-refractivity contribution is 6.04. The molecule has 3 rings (SSSR count). The summed E-state index contributed by atoms with van der Waals surface area (Å²) in [5, 5.41) is 0. The molecule has 0 N–H and O–H groups in total. The molecule has 0 heterocycles. The normalized spacial score (nSPS) is 17.1. The van der Waals surface area contributed by atoms with Crippen LogP contribution in [0.1, 0.15) is 47.2 Å². The Labute approximate surface area is 120 Å². The maximum absolute atomic E-state index is 13.1. The largest absolute Gasteiger partial charge is 0.293 e. The maximum Gasteiger partial charge on any atom is 0.173 e. The summed E-state index contributed by atoms with van der Waals surface area (Å²) in [5.41, 5.74) is 2.89. The third-order valence-corrected chi connectivity index (χ3v) is 4.50. The number of ketones is 1. The number of hydrogen-bond acceptors (Lipinski definition) is 1. The number of benzene rings is 2. The topological polar surface area (TPSA) is 17.1 Å². The summed E-state index contributed by atoms with van der Waals surface area (Å²) in [6.07, 6.45) is 4.24. The summed E-state index contributed by atoms with van der Waals surface area (Å²) >= 11 is 0. The van der Waals surface area contributed by atoms with Crippen molar-refractivity contribution < 1.29 is 4.79 Å². The smallest absolute Gasteiger partial charge is 0.173 e. The van der Waals surface area contributed by atoms with Crippen LogP contribution in [0.4, 0.5) is 0 Å². The lowest BCUT2D eigenvalue weighted by atomic mass is 9.73. The Balaban J connectivity index is 2.05. The Hall–Kier alpha value is -1.89. The molecule has 1 aliphatic rings. The first kappa shape index (κ1) is 13.1. The van der Waals surface area contributed by atoms with Crippen LogP contribution in [0.5, 0.6) is 0 Å². The fraction of sp³-hybridized carbons (Fsp3) is 0.316. The standard InChI is InChI=1S/C19H20O/c1-15-8-7-9-16(14-15)18(20)19(12-5-6-13-19)17-10-3-2-4-11-17/h2-4,7-11,14H,5-6,12-13H2,1H3. The zero-order chi connectivity index (χ0) is 14.0. The van der Waals surface area contributed by atoms with Gasteiger partial charge in [0.2, 0.25) is 0 Å². The van der Waals surface area contributed by atoms with Crippen LogP contribution in [0.2, 0.25) is 0 Å². The number of rotatable bonds is 3. The summed E-state index contributed by atoms with van der Waals surface area (Å²) < 4.78 is 0. The molecular weight excluding hydrogens is 244 g/mol. The monoisotopic (exact) mass is 264 g/mol. The van der Waals surface area contributed by atoms with Gasteiger partial charge in [0.15, 0.2) is 5.78 Å². The fourth-order valence-corrected chi connectivity index (χ4v) is 3.45. The van der Waals surface area contributed by atoms with Gasteiger partial charge < -0.3 is 0 Å². The molecule has 0 bridgehead atoms. The molecule has 2 aromatic rings. The highest BCUT2D eigenvalue weighted by Crippen LogP contribution is 2.43. The molecule has 1 aliphatic carbocycles. The van der Waals surface area contributed by atoms with Crippen LogP contribution in [0, 0.1) is 6.92 Å². The molecule has 1 saturated carbocycles. The molecule has 0 atom stereocenters. The summed E-state index contributed by atoms with van der Waals surface area (Å²) in [6.45, 7) is 2.04. The van der Waals surface area contributed by atoms with Crippen molar-refractivity contribution in [3.63, 3.8) is 0 Å². The van der Waals surface area contributed by atoms with Gasteiger partial charge in [-0.25, -0.2) is 0 Å². The number of hydrogen-bond donors (Lipinski definition) is 0. The van der Waals surface area contributed by atoms with Crippen LogP contribution in [0.25, 0.3) is 0 Å². The fourth-order valence-electron chi connectivity index (χ4n) is 3.45. The van der Waals surface area contributed by atoms with E-state index in [4.69, 9.17) is 0 Å². The Bertz CT molecular complexity index is 607. The van der Waals surface area contributed by atoms with E-state index in [9.17, 15) is 4.79 Å². The predicted molar refractivity (Wildman–Crippen MR) is 82.1 cm³/mol. The first-order chi connectivity index (χ1) is 9.72. The molecule has 0 radical (unpaired) electrons. The maximum atomic E-state index is 13.1. The average molecular weight is 264 g/mol. The van der Waals surface area contributed by atoms with Crippen molar-refractivity contribution in [2.45, 2.75) is 38.0 Å². The molecule has 0 unspecified atom stereocenters. The third-order valence-electron chi connectivity index (χ3n) is 4.50. The Morgan fingerprint density at radius 3 is 2.30 bits per heavy atom. The van der Waals surface area contributed by atoms with Crippen molar-refractivity contribution in [1.29, 1.82) is 0 Å². The molecular formula is C19H20O. The van der Waals surface area contributed by atoms with E-state index >= 15 is 0 Å². The van der Waals surface area contributed by atoms with E-state index in [0.717, 1.165) is 36.8 Å². The van der Waals surface area contributed by atoms with Gasteiger partial charge in [-0.05, 0) is 31.4 Å². The summed E-state index contributed by atoms with van der Waals surface area (Å²) in [5.74, 6) is 0.296. The molecule has 0 aliphatic heterocycles. The van der Waals surface area contributed by atoms with E-state index in [0.29, 0.717) is 5.78 Å². The molecule has 0 amide bonds. The zero-order valence-corrected chi connectivity index (χ0v) is 11.9. The number of aryl methyl sites for hydroxylation is 1. The van der Waals surface area contributed by atoms with Crippen LogP contribution in [0.15, 0.2) is 54.6 Å². The van der Waals surface area contributed by atoms with Crippen molar-refractivity contribution in [2.75, 3.05) is 0 Å². The first-order valence-corrected chi connectivity index (χ1v) is 7.39. The number of carbonyl (C=O) groups is 1. The zero-order valence-electron chi connectivity index (χ0n) is 11.9. The summed E-state index contributed by atoms with van der Waals surface area (Å²) in [4.78, 5) is 13.1. The van der Waals surface area contributed by atoms with E-state index < -0.39 is 0 Å². The molecule has 0 saturated heterocycles. The molecule has 1 nitrogen and oxygen atoms in total. The van der Waals surface area contributed by atoms with E-state index in [1.807, 2.05) is 49.4 Å². The minimum absolute atomic E-state index is 0.296. The van der Waals surface area contributed by atoms with Crippen molar-refractivity contribution in [3.8, 4) is 0 Å². The van der Waals surface area contributed by atoms with Gasteiger partial charge in [0.05, 0.1) is 5.41 Å². The lowest BCUT2D eigenvalue weighted by molar-refractivity contribution is 0.0886. The molecule has 0 spiro atoms. The lowest BCUT2D eigenvalue weighted by Crippen LogP contribution is -2.33. The third kappa shape index (κ3) is 2.18. The van der Waals surface area contributed by atoms with E-state index in [-0.39, 0.29) is 5.41 Å². The van der Waals surface area contributed by atoms with Crippen LogP contribution in [0.3, 0.4) is 0 Å². The summed E-state index contributed by atoms with van der Waals surface area (Å²) in [6, 6.07) is 18.3. The van der Waals surface area contributed by atoms with Crippen LogP contribution in [-0.4, -0.2) is 5.78 Å². The highest BCUT2D eigenvalue weighted by Gasteiger charge is 2.42.